The van der Waals surface area contributed by atoms with E-state index in [-0.39, 0.29) is 24.2 Å². The number of carbonyl (C=O) groups excluding carboxylic acids is 1. The molecule has 33 heavy (non-hydrogen) atoms. The molecule has 1 atom stereocenters. The van der Waals surface area contributed by atoms with Gasteiger partial charge in [0.15, 0.2) is 11.0 Å². The first-order chi connectivity index (χ1) is 15.8. The van der Waals surface area contributed by atoms with Crippen LogP contribution in [-0.2, 0) is 17.5 Å². The predicted octanol–water partition coefficient (Wildman–Crippen LogP) is 4.80. The zero-order valence-corrected chi connectivity index (χ0v) is 18.7. The Morgan fingerprint density at radius 2 is 2.00 bits per heavy atom. The quantitative estimate of drug-likeness (QED) is 0.497. The zero-order chi connectivity index (χ0) is 23.4. The monoisotopic (exact) mass is 476 g/mol. The van der Waals surface area contributed by atoms with Crippen molar-refractivity contribution < 1.29 is 22.7 Å². The summed E-state index contributed by atoms with van der Waals surface area (Å²) in [4.78, 5) is 12.5. The van der Waals surface area contributed by atoms with Gasteiger partial charge in [-0.15, -0.1) is 10.2 Å². The number of hydrogen-bond donors (Lipinski definition) is 1. The van der Waals surface area contributed by atoms with Crippen LogP contribution in [0.25, 0.3) is 5.69 Å². The lowest BCUT2D eigenvalue weighted by atomic mass is 10.1. The van der Waals surface area contributed by atoms with Crippen LogP contribution in [0, 0.1) is 6.92 Å². The van der Waals surface area contributed by atoms with Gasteiger partial charge in [0, 0.05) is 17.9 Å². The van der Waals surface area contributed by atoms with E-state index in [0.717, 1.165) is 30.5 Å². The van der Waals surface area contributed by atoms with Crippen molar-refractivity contribution >= 4 is 17.7 Å². The first-order valence-corrected chi connectivity index (χ1v) is 11.5. The summed E-state index contributed by atoms with van der Waals surface area (Å²) >= 11 is 1.38. The molecule has 1 unspecified atom stereocenters. The molecule has 0 radical (unpaired) electrons. The van der Waals surface area contributed by atoms with Gasteiger partial charge in [0.2, 0.25) is 0 Å². The Hall–Kier alpha value is -2.85. The zero-order valence-electron chi connectivity index (χ0n) is 17.9. The van der Waals surface area contributed by atoms with Crippen molar-refractivity contribution in [1.82, 2.24) is 20.1 Å². The fraction of sp³-hybridized carbons (Fsp3) is 0.348. The number of carbonyl (C=O) groups is 1. The van der Waals surface area contributed by atoms with Crippen LogP contribution < -0.4 is 5.32 Å². The maximum atomic E-state index is 13.3. The number of benzene rings is 2. The average Bonchev–Trinajstić information content (AvgIpc) is 3.46. The predicted molar refractivity (Wildman–Crippen MR) is 118 cm³/mol. The Morgan fingerprint density at radius 3 is 2.70 bits per heavy atom. The van der Waals surface area contributed by atoms with Crippen molar-refractivity contribution in [3.05, 3.63) is 71.0 Å². The van der Waals surface area contributed by atoms with Crippen LogP contribution in [0.3, 0.4) is 0 Å². The van der Waals surface area contributed by atoms with E-state index in [1.54, 1.807) is 22.8 Å². The van der Waals surface area contributed by atoms with Crippen LogP contribution in [0.5, 0.6) is 0 Å². The summed E-state index contributed by atoms with van der Waals surface area (Å²) in [6.45, 7) is 2.65. The van der Waals surface area contributed by atoms with Gasteiger partial charge in [-0.25, -0.2) is 0 Å². The van der Waals surface area contributed by atoms with Crippen molar-refractivity contribution in [2.24, 2.45) is 0 Å². The van der Waals surface area contributed by atoms with Gasteiger partial charge in [0.05, 0.1) is 23.9 Å². The van der Waals surface area contributed by atoms with E-state index in [2.05, 4.69) is 15.5 Å². The van der Waals surface area contributed by atoms with Crippen LogP contribution in [0.15, 0.2) is 53.7 Å². The molecule has 0 saturated carbocycles. The normalized spacial score (nSPS) is 16.2. The van der Waals surface area contributed by atoms with Gasteiger partial charge < -0.3 is 10.1 Å². The number of rotatable bonds is 7. The molecular weight excluding hydrogens is 453 g/mol. The second-order valence-corrected chi connectivity index (χ2v) is 8.76. The van der Waals surface area contributed by atoms with E-state index in [9.17, 15) is 18.0 Å². The van der Waals surface area contributed by atoms with E-state index in [1.807, 2.05) is 19.1 Å². The molecule has 10 heteroatoms. The van der Waals surface area contributed by atoms with Crippen LogP contribution in [-0.4, -0.2) is 39.1 Å². The molecule has 1 amide bonds. The highest BCUT2D eigenvalue weighted by atomic mass is 32.2. The number of amides is 1. The van der Waals surface area contributed by atoms with Crippen molar-refractivity contribution in [2.45, 2.75) is 43.7 Å². The number of hydrogen-bond acceptors (Lipinski definition) is 5. The molecule has 6 nitrogen and oxygen atoms in total. The molecule has 1 aliphatic rings. The minimum Gasteiger partial charge on any atom is -0.377 e. The number of ether oxygens (including phenoxy) is 1. The number of alkyl halides is 3. The Labute approximate surface area is 193 Å². The summed E-state index contributed by atoms with van der Waals surface area (Å²) in [5.41, 5.74) is 1.03. The molecule has 0 spiro atoms. The molecule has 1 aromatic heterocycles. The van der Waals surface area contributed by atoms with Gasteiger partial charge in [-0.05, 0) is 50.1 Å². The molecular formula is C23H23F3N4O2S. The molecule has 1 aliphatic heterocycles. The van der Waals surface area contributed by atoms with Crippen molar-refractivity contribution in [3.8, 4) is 5.69 Å². The molecule has 4 rings (SSSR count). The molecule has 0 aliphatic carbocycles. The molecule has 1 fully saturated rings. The smallest absolute Gasteiger partial charge is 0.377 e. The standard InChI is InChI=1S/C23H23F3N4O2S/c1-15-7-9-16(10-8-15)21(31)27-13-20-28-29-22(33-14-19-6-3-11-32-19)30(20)18-5-2-4-17(12-18)23(24,25)26/h2,4-5,7-10,12,19H,3,6,11,13-14H2,1H3,(H,27,31). The number of aryl methyl sites for hydroxylation is 1. The highest BCUT2D eigenvalue weighted by Crippen LogP contribution is 2.32. The molecule has 0 bridgehead atoms. The van der Waals surface area contributed by atoms with Crippen LogP contribution in [0.1, 0.15) is 40.2 Å². The molecule has 3 aromatic rings. The largest absolute Gasteiger partial charge is 0.416 e. The van der Waals surface area contributed by atoms with Gasteiger partial charge >= 0.3 is 6.18 Å². The van der Waals surface area contributed by atoms with Crippen molar-refractivity contribution in [1.29, 1.82) is 0 Å². The Balaban J connectivity index is 1.59. The second kappa shape index (κ2) is 9.96. The topological polar surface area (TPSA) is 69.0 Å². The van der Waals surface area contributed by atoms with Gasteiger partial charge in [0.1, 0.15) is 0 Å². The van der Waals surface area contributed by atoms with E-state index in [4.69, 9.17) is 4.74 Å². The Kier molecular flexibility index (Phi) is 7.04. The summed E-state index contributed by atoms with van der Waals surface area (Å²) in [5, 5.41) is 11.6. The van der Waals surface area contributed by atoms with E-state index in [0.29, 0.717) is 28.9 Å². The van der Waals surface area contributed by atoms with E-state index in [1.165, 1.54) is 17.8 Å². The lowest BCUT2D eigenvalue weighted by molar-refractivity contribution is -0.137. The fourth-order valence-electron chi connectivity index (χ4n) is 3.50. The average molecular weight is 477 g/mol. The van der Waals surface area contributed by atoms with E-state index >= 15 is 0 Å². The Bertz CT molecular complexity index is 1110. The minimum atomic E-state index is -4.48. The van der Waals surface area contributed by atoms with Gasteiger partial charge in [-0.2, -0.15) is 13.2 Å². The summed E-state index contributed by atoms with van der Waals surface area (Å²) in [6.07, 6.45) is -2.48. The van der Waals surface area contributed by atoms with Crippen molar-refractivity contribution in [2.75, 3.05) is 12.4 Å². The highest BCUT2D eigenvalue weighted by Gasteiger charge is 2.31. The molecule has 1 N–H and O–H groups in total. The van der Waals surface area contributed by atoms with E-state index < -0.39 is 11.7 Å². The second-order valence-electron chi connectivity index (χ2n) is 7.78. The van der Waals surface area contributed by atoms with Crippen molar-refractivity contribution in [3.63, 3.8) is 0 Å². The number of nitrogens with one attached hydrogen (secondary N) is 1. The third-order valence-electron chi connectivity index (χ3n) is 5.28. The first kappa shape index (κ1) is 23.3. The lowest BCUT2D eigenvalue weighted by Gasteiger charge is -2.14. The maximum Gasteiger partial charge on any atom is 0.416 e. The molecule has 174 valence electrons. The fourth-order valence-corrected chi connectivity index (χ4v) is 4.53. The molecule has 2 heterocycles. The van der Waals surface area contributed by atoms with Crippen LogP contribution >= 0.6 is 11.8 Å². The summed E-state index contributed by atoms with van der Waals surface area (Å²) < 4.78 is 47.1. The third-order valence-corrected chi connectivity index (χ3v) is 6.34. The van der Waals surface area contributed by atoms with Crippen LogP contribution in [0.4, 0.5) is 13.2 Å². The number of aromatic nitrogens is 3. The molecule has 1 saturated heterocycles. The van der Waals surface area contributed by atoms with Crippen LogP contribution in [0.2, 0.25) is 0 Å². The summed E-state index contributed by atoms with van der Waals surface area (Å²) in [5.74, 6) is 0.652. The lowest BCUT2D eigenvalue weighted by Crippen LogP contribution is -2.24. The number of nitrogens with zero attached hydrogens (tertiary/aromatic N) is 3. The third kappa shape index (κ3) is 5.75. The van der Waals surface area contributed by atoms with Gasteiger partial charge in [-0.3, -0.25) is 9.36 Å². The van der Waals surface area contributed by atoms with Gasteiger partial charge in [-0.1, -0.05) is 35.5 Å². The highest BCUT2D eigenvalue weighted by molar-refractivity contribution is 7.99. The SMILES string of the molecule is Cc1ccc(C(=O)NCc2nnc(SCC3CCCO3)n2-c2cccc(C(F)(F)F)c2)cc1. The number of thioether (sulfide) groups is 1. The minimum absolute atomic E-state index is 0.0104. The maximum absolute atomic E-state index is 13.3. The molecule has 2 aromatic carbocycles. The summed E-state index contributed by atoms with van der Waals surface area (Å²) in [6, 6.07) is 12.1. The van der Waals surface area contributed by atoms with Gasteiger partial charge in [0.25, 0.3) is 5.91 Å². The number of halogens is 3. The first-order valence-electron chi connectivity index (χ1n) is 10.5. The Morgan fingerprint density at radius 1 is 1.21 bits per heavy atom. The summed E-state index contributed by atoms with van der Waals surface area (Å²) in [7, 11) is 0.